The maximum Gasteiger partial charge on any atom is 0.415 e. The number of hydrogen-bond donors (Lipinski definition) is 0. The second-order valence-corrected chi connectivity index (χ2v) is 8.85. The van der Waals surface area contributed by atoms with Gasteiger partial charge in [0.2, 0.25) is 5.91 Å². The van der Waals surface area contributed by atoms with Crippen molar-refractivity contribution in [3.8, 4) is 5.75 Å². The second kappa shape index (κ2) is 7.47. The monoisotopic (exact) mass is 426 g/mol. The van der Waals surface area contributed by atoms with Crippen LogP contribution in [0.3, 0.4) is 0 Å². The lowest BCUT2D eigenvalue weighted by molar-refractivity contribution is -0.122. The summed E-state index contributed by atoms with van der Waals surface area (Å²) in [5.74, 6) is 0.428. The van der Waals surface area contributed by atoms with Crippen molar-refractivity contribution < 1.29 is 36.4 Å². The normalized spacial score (nSPS) is 26.6. The average Bonchev–Trinajstić information content (AvgIpc) is 3.01. The van der Waals surface area contributed by atoms with Crippen LogP contribution in [0.2, 0.25) is 0 Å². The first-order chi connectivity index (χ1) is 13.8. The van der Waals surface area contributed by atoms with Crippen molar-refractivity contribution in [1.82, 2.24) is 0 Å². The third-order valence-electron chi connectivity index (χ3n) is 5.29. The molecule has 10 nitrogen and oxygen atoms in total. The highest BCUT2D eigenvalue weighted by Gasteiger charge is 2.47. The Bertz CT molecular complexity index is 934. The number of cyclic esters (lactones) is 1. The van der Waals surface area contributed by atoms with Gasteiger partial charge in [0.15, 0.2) is 6.10 Å². The summed E-state index contributed by atoms with van der Waals surface area (Å²) in [4.78, 5) is 27.9. The summed E-state index contributed by atoms with van der Waals surface area (Å²) in [6.07, 6.45) is 0.566. The largest absolute Gasteiger partial charge is 0.489 e. The number of methoxy groups -OCH3 is 1. The zero-order valence-corrected chi connectivity index (χ0v) is 16.9. The van der Waals surface area contributed by atoms with Gasteiger partial charge in [0, 0.05) is 25.4 Å². The molecule has 3 atom stereocenters. The number of nitrogens with zero attached hydrogens (tertiary/aromatic N) is 2. The summed E-state index contributed by atoms with van der Waals surface area (Å²) in [5, 5.41) is 0. The molecule has 1 aromatic rings. The Balaban J connectivity index is 1.53. The van der Waals surface area contributed by atoms with E-state index in [-0.39, 0.29) is 25.2 Å². The SMILES string of the molecule is COC1CCN(c2ccc3c(c2)OCC2C(COS(C)(=O)=O)OC(=O)N32)C(=O)C1. The van der Waals surface area contributed by atoms with Gasteiger partial charge < -0.3 is 19.1 Å². The third kappa shape index (κ3) is 3.89. The highest BCUT2D eigenvalue weighted by atomic mass is 32.2. The second-order valence-electron chi connectivity index (χ2n) is 7.21. The van der Waals surface area contributed by atoms with Crippen LogP contribution in [0, 0.1) is 0 Å². The lowest BCUT2D eigenvalue weighted by atomic mass is 10.0. The summed E-state index contributed by atoms with van der Waals surface area (Å²) in [5.41, 5.74) is 1.20. The number of anilines is 2. The number of rotatable bonds is 5. The first kappa shape index (κ1) is 19.9. The fourth-order valence-corrected chi connectivity index (χ4v) is 4.18. The maximum absolute atomic E-state index is 12.4. The Hall–Kier alpha value is -2.37. The molecule has 0 N–H and O–H groups in total. The molecule has 3 aliphatic rings. The van der Waals surface area contributed by atoms with Crippen LogP contribution in [-0.4, -0.2) is 71.8 Å². The molecule has 3 unspecified atom stereocenters. The smallest absolute Gasteiger partial charge is 0.415 e. The Kier molecular flexibility index (Phi) is 5.13. The maximum atomic E-state index is 12.4. The molecule has 2 fully saturated rings. The van der Waals surface area contributed by atoms with Gasteiger partial charge in [-0.2, -0.15) is 8.42 Å². The molecule has 0 aliphatic carbocycles. The number of benzene rings is 1. The highest BCUT2D eigenvalue weighted by Crippen LogP contribution is 2.41. The first-order valence-electron chi connectivity index (χ1n) is 9.21. The molecule has 0 spiro atoms. The van der Waals surface area contributed by atoms with Crippen LogP contribution in [0.25, 0.3) is 0 Å². The van der Waals surface area contributed by atoms with E-state index < -0.39 is 28.4 Å². The molecule has 0 saturated carbocycles. The van der Waals surface area contributed by atoms with Gasteiger partial charge in [-0.05, 0) is 18.6 Å². The van der Waals surface area contributed by atoms with E-state index >= 15 is 0 Å². The van der Waals surface area contributed by atoms with E-state index in [1.807, 2.05) is 0 Å². The van der Waals surface area contributed by atoms with Crippen LogP contribution in [0.5, 0.6) is 5.75 Å². The molecule has 0 bridgehead atoms. The van der Waals surface area contributed by atoms with Gasteiger partial charge in [0.05, 0.1) is 24.5 Å². The van der Waals surface area contributed by atoms with Gasteiger partial charge in [-0.15, -0.1) is 0 Å². The number of fused-ring (bicyclic) bond motifs is 3. The highest BCUT2D eigenvalue weighted by molar-refractivity contribution is 7.85. The zero-order valence-electron chi connectivity index (χ0n) is 16.1. The summed E-state index contributed by atoms with van der Waals surface area (Å²) in [6.45, 7) is 0.389. The van der Waals surface area contributed by atoms with Crippen molar-refractivity contribution in [2.45, 2.75) is 31.1 Å². The topological polar surface area (TPSA) is 112 Å². The molecule has 158 valence electrons. The Labute approximate surface area is 168 Å². The molecule has 4 rings (SSSR count). The predicted octanol–water partition coefficient (Wildman–Crippen LogP) is 0.891. The molecule has 2 saturated heterocycles. The standard InChI is InChI=1S/C18H22N2O8S/c1-25-12-5-6-19(17(21)8-12)11-3-4-13-15(7-11)26-9-14-16(10-27-29(2,23)24)28-18(22)20(13)14/h3-4,7,12,14,16H,5-6,8-10H2,1-2H3. The quantitative estimate of drug-likeness (QED) is 0.638. The van der Waals surface area contributed by atoms with Gasteiger partial charge >= 0.3 is 6.09 Å². The molecular formula is C18H22N2O8S. The molecule has 1 aromatic carbocycles. The number of ether oxygens (including phenoxy) is 3. The van der Waals surface area contributed by atoms with E-state index in [4.69, 9.17) is 18.4 Å². The van der Waals surface area contributed by atoms with Crippen molar-refractivity contribution in [2.75, 3.05) is 42.9 Å². The molecule has 29 heavy (non-hydrogen) atoms. The minimum absolute atomic E-state index is 0.0321. The number of amides is 2. The van der Waals surface area contributed by atoms with Crippen molar-refractivity contribution >= 4 is 33.5 Å². The third-order valence-corrected chi connectivity index (χ3v) is 5.86. The van der Waals surface area contributed by atoms with Crippen molar-refractivity contribution in [3.05, 3.63) is 18.2 Å². The van der Waals surface area contributed by atoms with Crippen LogP contribution in [-0.2, 0) is 28.6 Å². The number of piperidine rings is 1. The van der Waals surface area contributed by atoms with Crippen LogP contribution in [0.1, 0.15) is 12.8 Å². The molecule has 2 amide bonds. The molecule has 0 aromatic heterocycles. The summed E-state index contributed by atoms with van der Waals surface area (Å²) in [6, 6.07) is 4.68. The van der Waals surface area contributed by atoms with Gasteiger partial charge in [-0.25, -0.2) is 4.79 Å². The van der Waals surface area contributed by atoms with E-state index in [0.717, 1.165) is 12.7 Å². The summed E-state index contributed by atoms with van der Waals surface area (Å²) in [7, 11) is -2.06. The van der Waals surface area contributed by atoms with Crippen molar-refractivity contribution in [2.24, 2.45) is 0 Å². The van der Waals surface area contributed by atoms with E-state index in [1.54, 1.807) is 30.2 Å². The van der Waals surface area contributed by atoms with Crippen molar-refractivity contribution in [1.29, 1.82) is 0 Å². The number of carbonyl (C=O) groups excluding carboxylic acids is 2. The van der Waals surface area contributed by atoms with Gasteiger partial charge in [-0.1, -0.05) is 0 Å². The van der Waals surface area contributed by atoms with E-state index in [9.17, 15) is 18.0 Å². The zero-order chi connectivity index (χ0) is 20.8. The molecule has 11 heteroatoms. The van der Waals surface area contributed by atoms with Crippen LogP contribution >= 0.6 is 0 Å². The summed E-state index contributed by atoms with van der Waals surface area (Å²) < 4.78 is 43.6. The predicted molar refractivity (Wildman–Crippen MR) is 102 cm³/mol. The van der Waals surface area contributed by atoms with Crippen LogP contribution in [0.4, 0.5) is 16.2 Å². The van der Waals surface area contributed by atoms with Gasteiger partial charge in [-0.3, -0.25) is 13.9 Å². The van der Waals surface area contributed by atoms with E-state index in [1.165, 1.54) is 4.90 Å². The minimum Gasteiger partial charge on any atom is -0.489 e. The van der Waals surface area contributed by atoms with E-state index in [2.05, 4.69) is 0 Å². The van der Waals surface area contributed by atoms with Crippen molar-refractivity contribution in [3.63, 3.8) is 0 Å². The Morgan fingerprint density at radius 1 is 1.28 bits per heavy atom. The number of carbonyl (C=O) groups is 2. The Morgan fingerprint density at radius 2 is 2.07 bits per heavy atom. The van der Waals surface area contributed by atoms with E-state index in [0.29, 0.717) is 30.1 Å². The molecular weight excluding hydrogens is 404 g/mol. The fourth-order valence-electron chi connectivity index (χ4n) is 3.80. The van der Waals surface area contributed by atoms with Crippen LogP contribution < -0.4 is 14.5 Å². The lowest BCUT2D eigenvalue weighted by Crippen LogP contribution is -2.46. The fraction of sp³-hybridized carbons (Fsp3) is 0.556. The molecule has 3 aliphatic heterocycles. The minimum atomic E-state index is -3.65. The average molecular weight is 426 g/mol. The number of hydrogen-bond acceptors (Lipinski definition) is 8. The van der Waals surface area contributed by atoms with Gasteiger partial charge in [0.1, 0.15) is 25.0 Å². The van der Waals surface area contributed by atoms with Crippen LogP contribution in [0.15, 0.2) is 18.2 Å². The summed E-state index contributed by atoms with van der Waals surface area (Å²) >= 11 is 0. The molecule has 3 heterocycles. The lowest BCUT2D eigenvalue weighted by Gasteiger charge is -2.34. The Morgan fingerprint density at radius 3 is 2.76 bits per heavy atom. The first-order valence-corrected chi connectivity index (χ1v) is 11.0. The molecule has 0 radical (unpaired) electrons. The van der Waals surface area contributed by atoms with Gasteiger partial charge in [0.25, 0.3) is 10.1 Å².